The van der Waals surface area contributed by atoms with Gasteiger partial charge >= 0.3 is 0 Å². The molecule has 1 aliphatic heterocycles. The summed E-state index contributed by atoms with van der Waals surface area (Å²) in [5, 5.41) is 3.90. The van der Waals surface area contributed by atoms with Crippen molar-refractivity contribution in [2.45, 2.75) is 6.54 Å². The average Bonchev–Trinajstić information content (AvgIpc) is 2.96. The van der Waals surface area contributed by atoms with Gasteiger partial charge in [-0.3, -0.25) is 9.69 Å². The van der Waals surface area contributed by atoms with Crippen molar-refractivity contribution < 1.29 is 9.32 Å². The fourth-order valence-electron chi connectivity index (χ4n) is 2.33. The van der Waals surface area contributed by atoms with Gasteiger partial charge < -0.3 is 15.2 Å². The molecular weight excluding hydrogens is 270 g/mol. The van der Waals surface area contributed by atoms with Crippen LogP contribution in [0, 0.1) is 0 Å². The number of nitrogens with zero attached hydrogens (tertiary/aromatic N) is 4. The number of anilines is 1. The minimum absolute atomic E-state index is 0.0941. The topological polar surface area (TPSA) is 88.5 Å². The second-order valence-electron chi connectivity index (χ2n) is 5.05. The third-order valence-electron chi connectivity index (χ3n) is 3.47. The molecule has 7 heteroatoms. The lowest BCUT2D eigenvalue weighted by Crippen LogP contribution is -2.48. The van der Waals surface area contributed by atoms with Crippen molar-refractivity contribution in [2.24, 2.45) is 5.73 Å². The fraction of sp³-hybridized carbons (Fsp3) is 0.357. The zero-order chi connectivity index (χ0) is 14.8. The molecule has 2 aromatic rings. The highest BCUT2D eigenvalue weighted by Crippen LogP contribution is 2.24. The second kappa shape index (κ2) is 5.63. The van der Waals surface area contributed by atoms with Crippen LogP contribution >= 0.6 is 0 Å². The summed E-state index contributed by atoms with van der Waals surface area (Å²) in [6.07, 6.45) is 0. The van der Waals surface area contributed by atoms with Gasteiger partial charge in [0.2, 0.25) is 17.6 Å². The van der Waals surface area contributed by atoms with Crippen LogP contribution in [0.4, 0.5) is 5.69 Å². The molecule has 21 heavy (non-hydrogen) atoms. The normalized spacial score (nSPS) is 16.5. The number of hydrogen-bond acceptors (Lipinski definition) is 6. The van der Waals surface area contributed by atoms with Crippen LogP contribution in [0.25, 0.3) is 11.4 Å². The lowest BCUT2D eigenvalue weighted by Gasteiger charge is -2.32. The van der Waals surface area contributed by atoms with Crippen LogP contribution in [0.2, 0.25) is 0 Å². The zero-order valence-corrected chi connectivity index (χ0v) is 11.8. The molecular formula is C14H17N5O2. The predicted molar refractivity (Wildman–Crippen MR) is 77.5 cm³/mol. The van der Waals surface area contributed by atoms with Gasteiger partial charge in [-0.2, -0.15) is 4.98 Å². The Labute approximate surface area is 122 Å². The number of aromatic nitrogens is 2. The Bertz CT molecular complexity index is 654. The SMILES string of the molecule is CN1CCN(c2cccc(-c3noc(CN)n3)c2)C(=O)C1. The number of hydrogen-bond donors (Lipinski definition) is 1. The smallest absolute Gasteiger partial charge is 0.241 e. The van der Waals surface area contributed by atoms with E-state index in [1.807, 2.05) is 36.2 Å². The first kappa shape index (κ1) is 13.7. The molecule has 0 radical (unpaired) electrons. The number of carbonyl (C=O) groups excluding carboxylic acids is 1. The number of benzene rings is 1. The molecule has 1 aliphatic rings. The molecule has 7 nitrogen and oxygen atoms in total. The van der Waals surface area contributed by atoms with E-state index < -0.39 is 0 Å². The van der Waals surface area contributed by atoms with E-state index in [0.717, 1.165) is 17.8 Å². The third-order valence-corrected chi connectivity index (χ3v) is 3.47. The monoisotopic (exact) mass is 287 g/mol. The van der Waals surface area contributed by atoms with Crippen molar-refractivity contribution in [2.75, 3.05) is 31.6 Å². The largest absolute Gasteiger partial charge is 0.338 e. The number of piperazine rings is 1. The highest BCUT2D eigenvalue weighted by Gasteiger charge is 2.23. The van der Waals surface area contributed by atoms with Gasteiger partial charge in [0.15, 0.2) is 0 Å². The lowest BCUT2D eigenvalue weighted by molar-refractivity contribution is -0.120. The van der Waals surface area contributed by atoms with Crippen molar-refractivity contribution in [3.05, 3.63) is 30.2 Å². The Hall–Kier alpha value is -2.25. The molecule has 0 aliphatic carbocycles. The van der Waals surface area contributed by atoms with E-state index in [1.165, 1.54) is 0 Å². The first-order valence-electron chi connectivity index (χ1n) is 6.79. The molecule has 2 N–H and O–H groups in total. The second-order valence-corrected chi connectivity index (χ2v) is 5.05. The summed E-state index contributed by atoms with van der Waals surface area (Å²) in [6.45, 7) is 2.18. The van der Waals surface area contributed by atoms with Gasteiger partial charge in [-0.25, -0.2) is 0 Å². The molecule has 0 unspecified atom stereocenters. The van der Waals surface area contributed by atoms with Gasteiger partial charge in [0.05, 0.1) is 13.1 Å². The number of nitrogens with two attached hydrogens (primary N) is 1. The highest BCUT2D eigenvalue weighted by molar-refractivity contribution is 5.96. The summed E-state index contributed by atoms with van der Waals surface area (Å²) in [7, 11) is 1.94. The molecule has 0 bridgehead atoms. The molecule has 3 rings (SSSR count). The van der Waals surface area contributed by atoms with Crippen LogP contribution in [0.15, 0.2) is 28.8 Å². The van der Waals surface area contributed by atoms with Crippen molar-refractivity contribution >= 4 is 11.6 Å². The van der Waals surface area contributed by atoms with Crippen molar-refractivity contribution in [3.63, 3.8) is 0 Å². The van der Waals surface area contributed by atoms with Crippen molar-refractivity contribution in [3.8, 4) is 11.4 Å². The van der Waals surface area contributed by atoms with E-state index in [1.54, 1.807) is 4.90 Å². The van der Waals surface area contributed by atoms with E-state index in [0.29, 0.717) is 24.8 Å². The third kappa shape index (κ3) is 2.79. The predicted octanol–water partition coefficient (Wildman–Crippen LogP) is 0.474. The molecule has 0 saturated carbocycles. The summed E-state index contributed by atoms with van der Waals surface area (Å²) >= 11 is 0. The maximum atomic E-state index is 12.1. The molecule has 1 amide bonds. The van der Waals surface area contributed by atoms with Crippen LogP contribution < -0.4 is 10.6 Å². The highest BCUT2D eigenvalue weighted by atomic mass is 16.5. The quantitative estimate of drug-likeness (QED) is 0.883. The number of carbonyl (C=O) groups is 1. The molecule has 1 aromatic carbocycles. The van der Waals surface area contributed by atoms with Crippen LogP contribution in [-0.2, 0) is 11.3 Å². The molecule has 1 aromatic heterocycles. The molecule has 1 saturated heterocycles. The van der Waals surface area contributed by atoms with E-state index in [-0.39, 0.29) is 12.5 Å². The molecule has 110 valence electrons. The van der Waals surface area contributed by atoms with Gasteiger partial charge in [-0.15, -0.1) is 0 Å². The minimum atomic E-state index is 0.0941. The maximum absolute atomic E-state index is 12.1. The number of likely N-dealkylation sites (N-methyl/N-ethyl adjacent to an activating group) is 1. The molecule has 2 heterocycles. The first-order valence-corrected chi connectivity index (χ1v) is 6.79. The standard InChI is InChI=1S/C14H17N5O2/c1-18-5-6-19(13(20)9-18)11-4-2-3-10(7-11)14-16-12(8-15)21-17-14/h2-4,7H,5-6,8-9,15H2,1H3. The van der Waals surface area contributed by atoms with Gasteiger partial charge in [0.1, 0.15) is 0 Å². The Morgan fingerprint density at radius 3 is 2.95 bits per heavy atom. The van der Waals surface area contributed by atoms with Crippen molar-refractivity contribution in [1.29, 1.82) is 0 Å². The summed E-state index contributed by atoms with van der Waals surface area (Å²) < 4.78 is 5.02. The van der Waals surface area contributed by atoms with E-state index in [4.69, 9.17) is 10.3 Å². The van der Waals surface area contributed by atoms with Crippen LogP contribution in [0.5, 0.6) is 0 Å². The zero-order valence-electron chi connectivity index (χ0n) is 11.8. The number of rotatable bonds is 3. The Morgan fingerprint density at radius 1 is 1.38 bits per heavy atom. The van der Waals surface area contributed by atoms with Crippen molar-refractivity contribution in [1.82, 2.24) is 15.0 Å². The summed E-state index contributed by atoms with van der Waals surface area (Å²) in [5.41, 5.74) is 7.13. The van der Waals surface area contributed by atoms with Gasteiger partial charge in [-0.05, 0) is 19.2 Å². The number of amides is 1. The Morgan fingerprint density at radius 2 is 2.24 bits per heavy atom. The van der Waals surface area contributed by atoms with Gasteiger partial charge in [-0.1, -0.05) is 17.3 Å². The molecule has 0 spiro atoms. The fourth-order valence-corrected chi connectivity index (χ4v) is 2.33. The maximum Gasteiger partial charge on any atom is 0.241 e. The summed E-state index contributed by atoms with van der Waals surface area (Å²) in [4.78, 5) is 20.1. The summed E-state index contributed by atoms with van der Waals surface area (Å²) in [6, 6.07) is 7.58. The van der Waals surface area contributed by atoms with Gasteiger partial charge in [0, 0.05) is 24.3 Å². The Kier molecular flexibility index (Phi) is 3.68. The van der Waals surface area contributed by atoms with Crippen LogP contribution in [0.3, 0.4) is 0 Å². The molecule has 1 fully saturated rings. The van der Waals surface area contributed by atoms with Gasteiger partial charge in [0.25, 0.3) is 0 Å². The lowest BCUT2D eigenvalue weighted by atomic mass is 10.1. The van der Waals surface area contributed by atoms with Crippen LogP contribution in [0.1, 0.15) is 5.89 Å². The van der Waals surface area contributed by atoms with E-state index in [2.05, 4.69) is 10.1 Å². The average molecular weight is 287 g/mol. The van der Waals surface area contributed by atoms with Crippen LogP contribution in [-0.4, -0.2) is 47.6 Å². The Balaban J connectivity index is 1.87. The summed E-state index contributed by atoms with van der Waals surface area (Å²) in [5.74, 6) is 0.974. The minimum Gasteiger partial charge on any atom is -0.338 e. The van der Waals surface area contributed by atoms with E-state index >= 15 is 0 Å². The first-order chi connectivity index (χ1) is 10.2. The van der Waals surface area contributed by atoms with E-state index in [9.17, 15) is 4.79 Å². The molecule has 0 atom stereocenters.